The maximum absolute atomic E-state index is 12.6. The van der Waals surface area contributed by atoms with Crippen molar-refractivity contribution in [3.8, 4) is 0 Å². The number of amides is 2. The number of rotatable bonds is 7. The minimum atomic E-state index is -0.0868. The van der Waals surface area contributed by atoms with Crippen molar-refractivity contribution in [2.24, 2.45) is 0 Å². The molecule has 1 aliphatic rings. The molecule has 0 radical (unpaired) electrons. The highest BCUT2D eigenvalue weighted by molar-refractivity contribution is 7.99. The number of hydrogen-bond acceptors (Lipinski definition) is 5. The van der Waals surface area contributed by atoms with Crippen LogP contribution in [0.15, 0.2) is 47.6 Å². The van der Waals surface area contributed by atoms with Gasteiger partial charge in [-0.15, -0.1) is 10.2 Å². The normalized spacial score (nSPS) is 14.6. The second-order valence-corrected chi connectivity index (χ2v) is 8.58. The Morgan fingerprint density at radius 1 is 1.10 bits per heavy atom. The molecule has 1 N–H and O–H groups in total. The van der Waals surface area contributed by atoms with E-state index in [1.54, 1.807) is 0 Å². The zero-order chi connectivity index (χ0) is 21.6. The molecule has 1 saturated heterocycles. The van der Waals surface area contributed by atoms with Crippen molar-refractivity contribution in [3.05, 3.63) is 48.3 Å². The first kappa shape index (κ1) is 21.4. The average Bonchev–Trinajstić information content (AvgIpc) is 3.06. The third-order valence-electron chi connectivity index (χ3n) is 5.51. The van der Waals surface area contributed by atoms with Crippen LogP contribution in [0.3, 0.4) is 0 Å². The van der Waals surface area contributed by atoms with Gasteiger partial charge in [-0.2, -0.15) is 0 Å². The smallest absolute Gasteiger partial charge is 0.234 e. The minimum absolute atomic E-state index is 0.0868. The van der Waals surface area contributed by atoms with Crippen LogP contribution in [-0.4, -0.2) is 43.8 Å². The lowest BCUT2D eigenvalue weighted by atomic mass is 10.1. The van der Waals surface area contributed by atoms with Crippen molar-refractivity contribution >= 4 is 40.0 Å². The molecule has 2 amide bonds. The van der Waals surface area contributed by atoms with Gasteiger partial charge in [0.2, 0.25) is 11.8 Å². The third kappa shape index (κ3) is 5.07. The van der Waals surface area contributed by atoms with E-state index in [0.717, 1.165) is 48.1 Å². The molecule has 1 aliphatic heterocycles. The Bertz CT molecular complexity index is 1080. The van der Waals surface area contributed by atoms with Crippen LogP contribution >= 0.6 is 11.8 Å². The predicted molar refractivity (Wildman–Crippen MR) is 123 cm³/mol. The van der Waals surface area contributed by atoms with E-state index in [4.69, 9.17) is 0 Å². The third-order valence-corrected chi connectivity index (χ3v) is 6.48. The molecule has 8 heteroatoms. The molecule has 1 aromatic heterocycles. The maximum atomic E-state index is 12.6. The summed E-state index contributed by atoms with van der Waals surface area (Å²) in [6, 6.07) is 13.9. The van der Waals surface area contributed by atoms with Crippen molar-refractivity contribution < 1.29 is 9.59 Å². The first-order chi connectivity index (χ1) is 15.2. The van der Waals surface area contributed by atoms with Gasteiger partial charge < -0.3 is 14.8 Å². The van der Waals surface area contributed by atoms with Crippen LogP contribution < -0.4 is 5.32 Å². The lowest BCUT2D eigenvalue weighted by molar-refractivity contribution is -0.131. The van der Waals surface area contributed by atoms with Crippen LogP contribution in [0.2, 0.25) is 0 Å². The number of carbonyl (C=O) groups is 2. The molecular formula is C23H27N5O2S. The highest BCUT2D eigenvalue weighted by Crippen LogP contribution is 2.24. The number of hydrogen-bond donors (Lipinski definition) is 1. The van der Waals surface area contributed by atoms with Gasteiger partial charge in [-0.1, -0.05) is 54.6 Å². The summed E-state index contributed by atoms with van der Waals surface area (Å²) in [5.41, 5.74) is 0.807. The summed E-state index contributed by atoms with van der Waals surface area (Å²) < 4.78 is 1.99. The van der Waals surface area contributed by atoms with Crippen molar-refractivity contribution in [3.63, 3.8) is 0 Å². The molecule has 0 bridgehead atoms. The first-order valence-electron chi connectivity index (χ1n) is 10.8. The van der Waals surface area contributed by atoms with Gasteiger partial charge in [-0.3, -0.25) is 9.59 Å². The first-order valence-corrected chi connectivity index (χ1v) is 11.7. The fraction of sp³-hybridized carbons (Fsp3) is 0.391. The Morgan fingerprint density at radius 3 is 2.81 bits per heavy atom. The summed E-state index contributed by atoms with van der Waals surface area (Å²) in [4.78, 5) is 26.8. The monoisotopic (exact) mass is 437 g/mol. The number of likely N-dealkylation sites (tertiary alicyclic amines) is 1. The number of nitrogens with one attached hydrogen (secondary N) is 1. The van der Waals surface area contributed by atoms with Crippen LogP contribution in [0.4, 0.5) is 5.69 Å². The van der Waals surface area contributed by atoms with Crippen molar-refractivity contribution in [2.45, 2.75) is 50.9 Å². The molecule has 2 aromatic carbocycles. The second kappa shape index (κ2) is 9.96. The summed E-state index contributed by atoms with van der Waals surface area (Å²) in [6.07, 6.45) is 3.69. The van der Waals surface area contributed by atoms with E-state index in [1.165, 1.54) is 11.8 Å². The highest BCUT2D eigenvalue weighted by Gasteiger charge is 2.21. The molecule has 0 atom stereocenters. The summed E-state index contributed by atoms with van der Waals surface area (Å²) in [5.74, 6) is 1.11. The van der Waals surface area contributed by atoms with E-state index in [-0.39, 0.29) is 17.6 Å². The summed E-state index contributed by atoms with van der Waals surface area (Å²) in [5, 5.41) is 14.4. The molecular weight excluding hydrogens is 410 g/mol. The number of benzene rings is 2. The van der Waals surface area contributed by atoms with Crippen LogP contribution in [0.5, 0.6) is 0 Å². The summed E-state index contributed by atoms with van der Waals surface area (Å²) in [6.45, 7) is 3.96. The number of thioether (sulfide) groups is 1. The standard InChI is InChI=1S/C23H27N5O2S/c1-2-28-20(15-27-14-7-3-4-13-22(27)30)25-26-23(28)31-16-21(29)24-19-12-8-10-17-9-5-6-11-18(17)19/h5-6,8-12H,2-4,7,13-16H2,1H3,(H,24,29). The average molecular weight is 438 g/mol. The largest absolute Gasteiger partial charge is 0.335 e. The number of anilines is 1. The fourth-order valence-electron chi connectivity index (χ4n) is 3.89. The molecule has 0 unspecified atom stereocenters. The summed E-state index contributed by atoms with van der Waals surface area (Å²) in [7, 11) is 0. The van der Waals surface area contributed by atoms with E-state index < -0.39 is 0 Å². The summed E-state index contributed by atoms with van der Waals surface area (Å²) >= 11 is 1.37. The lowest BCUT2D eigenvalue weighted by Gasteiger charge is -2.20. The van der Waals surface area contributed by atoms with Gasteiger partial charge in [-0.25, -0.2) is 0 Å². The Kier molecular flexibility index (Phi) is 6.86. The molecule has 31 heavy (non-hydrogen) atoms. The van der Waals surface area contributed by atoms with E-state index in [9.17, 15) is 9.59 Å². The highest BCUT2D eigenvalue weighted by atomic mass is 32.2. The minimum Gasteiger partial charge on any atom is -0.335 e. The molecule has 3 aromatic rings. The van der Waals surface area contributed by atoms with Crippen molar-refractivity contribution in [2.75, 3.05) is 17.6 Å². The van der Waals surface area contributed by atoms with Gasteiger partial charge in [0, 0.05) is 30.6 Å². The zero-order valence-electron chi connectivity index (χ0n) is 17.7. The molecule has 0 saturated carbocycles. The van der Waals surface area contributed by atoms with Crippen molar-refractivity contribution in [1.29, 1.82) is 0 Å². The number of aromatic nitrogens is 3. The van der Waals surface area contributed by atoms with Crippen molar-refractivity contribution in [1.82, 2.24) is 19.7 Å². The van der Waals surface area contributed by atoms with E-state index in [0.29, 0.717) is 24.7 Å². The van der Waals surface area contributed by atoms with Gasteiger partial charge >= 0.3 is 0 Å². The zero-order valence-corrected chi connectivity index (χ0v) is 18.5. The second-order valence-electron chi connectivity index (χ2n) is 7.63. The Morgan fingerprint density at radius 2 is 1.94 bits per heavy atom. The molecule has 162 valence electrons. The Balaban J connectivity index is 1.40. The molecule has 2 heterocycles. The van der Waals surface area contributed by atoms with Gasteiger partial charge in [0.05, 0.1) is 12.3 Å². The van der Waals surface area contributed by atoms with Crippen LogP contribution in [0, 0.1) is 0 Å². The van der Waals surface area contributed by atoms with Crippen LogP contribution in [0.1, 0.15) is 38.4 Å². The van der Waals surface area contributed by atoms with Gasteiger partial charge in [-0.05, 0) is 31.2 Å². The van der Waals surface area contributed by atoms with Crippen LogP contribution in [0.25, 0.3) is 10.8 Å². The molecule has 4 rings (SSSR count). The number of nitrogens with zero attached hydrogens (tertiary/aromatic N) is 4. The maximum Gasteiger partial charge on any atom is 0.234 e. The lowest BCUT2D eigenvalue weighted by Crippen LogP contribution is -2.31. The Labute approximate surface area is 186 Å². The quantitative estimate of drug-likeness (QED) is 0.563. The van der Waals surface area contributed by atoms with Gasteiger partial charge in [0.15, 0.2) is 11.0 Å². The SMILES string of the molecule is CCn1c(CN2CCCCCC2=O)nnc1SCC(=O)Nc1cccc2ccccc12. The fourth-order valence-corrected chi connectivity index (χ4v) is 4.71. The van der Waals surface area contributed by atoms with E-state index >= 15 is 0 Å². The van der Waals surface area contributed by atoms with E-state index in [2.05, 4.69) is 15.5 Å². The molecule has 0 aliphatic carbocycles. The molecule has 0 spiro atoms. The van der Waals surface area contributed by atoms with Gasteiger partial charge in [0.25, 0.3) is 0 Å². The number of fused-ring (bicyclic) bond motifs is 1. The predicted octanol–water partition coefficient (Wildman–Crippen LogP) is 4.08. The molecule has 7 nitrogen and oxygen atoms in total. The van der Waals surface area contributed by atoms with Crippen LogP contribution in [-0.2, 0) is 22.7 Å². The molecule has 1 fully saturated rings. The number of carbonyl (C=O) groups excluding carboxylic acids is 2. The van der Waals surface area contributed by atoms with Gasteiger partial charge in [0.1, 0.15) is 0 Å². The Hall–Kier alpha value is -2.87. The van der Waals surface area contributed by atoms with E-state index in [1.807, 2.05) is 58.9 Å². The topological polar surface area (TPSA) is 80.1 Å².